The summed E-state index contributed by atoms with van der Waals surface area (Å²) >= 11 is 4.80. The van der Waals surface area contributed by atoms with Gasteiger partial charge in [0.1, 0.15) is 16.5 Å². The number of nitrogens with zero attached hydrogens (tertiary/aromatic N) is 1. The molecule has 0 saturated carbocycles. The Bertz CT molecular complexity index is 643. The van der Waals surface area contributed by atoms with Crippen LogP contribution in [-0.2, 0) is 6.54 Å². The Hall–Kier alpha value is -2.34. The molecule has 0 unspecified atom stereocenters. The quantitative estimate of drug-likeness (QED) is 0.842. The lowest BCUT2D eigenvalue weighted by molar-refractivity contribution is 0.0945. The summed E-state index contributed by atoms with van der Waals surface area (Å²) in [6.07, 6.45) is 1.43. The van der Waals surface area contributed by atoms with Crippen molar-refractivity contribution < 1.29 is 9.18 Å². The number of hydrogen-bond donors (Lipinski definition) is 2. The Balaban J connectivity index is 2.02. The Morgan fingerprint density at radius 2 is 2.05 bits per heavy atom. The highest BCUT2D eigenvalue weighted by molar-refractivity contribution is 7.80. The van der Waals surface area contributed by atoms with Crippen LogP contribution in [-0.4, -0.2) is 15.9 Å². The number of carbonyl (C=O) groups excluding carboxylic acids is 1. The minimum Gasteiger partial charge on any atom is -0.389 e. The van der Waals surface area contributed by atoms with E-state index < -0.39 is 0 Å². The van der Waals surface area contributed by atoms with Gasteiger partial charge in [-0.05, 0) is 18.2 Å². The smallest absolute Gasteiger partial charge is 0.270 e. The van der Waals surface area contributed by atoms with E-state index in [1.54, 1.807) is 24.3 Å². The molecule has 0 radical (unpaired) electrons. The van der Waals surface area contributed by atoms with Gasteiger partial charge in [0.2, 0.25) is 0 Å². The molecule has 0 aliphatic heterocycles. The molecule has 1 amide bonds. The molecule has 4 nitrogen and oxygen atoms in total. The molecular formula is C14H12FN3OS. The number of amides is 1. The zero-order valence-electron chi connectivity index (χ0n) is 10.5. The maximum absolute atomic E-state index is 13.4. The van der Waals surface area contributed by atoms with E-state index in [1.165, 1.54) is 18.3 Å². The number of pyridine rings is 1. The lowest BCUT2D eigenvalue weighted by Gasteiger charge is -2.06. The van der Waals surface area contributed by atoms with E-state index in [0.29, 0.717) is 11.1 Å². The van der Waals surface area contributed by atoms with Crippen LogP contribution in [0.2, 0.25) is 0 Å². The van der Waals surface area contributed by atoms with E-state index in [2.05, 4.69) is 10.3 Å². The van der Waals surface area contributed by atoms with Gasteiger partial charge < -0.3 is 11.1 Å². The molecular weight excluding hydrogens is 277 g/mol. The van der Waals surface area contributed by atoms with Crippen molar-refractivity contribution >= 4 is 23.1 Å². The van der Waals surface area contributed by atoms with E-state index >= 15 is 0 Å². The molecule has 3 N–H and O–H groups in total. The fourth-order valence-corrected chi connectivity index (χ4v) is 1.70. The van der Waals surface area contributed by atoms with Crippen molar-refractivity contribution in [1.82, 2.24) is 10.3 Å². The standard InChI is InChI=1S/C14H12FN3OS/c15-11-4-2-1-3-9(11)7-18-14(19)12-6-5-10(8-17-12)13(16)20/h1-6,8H,7H2,(H2,16,20)(H,18,19). The molecule has 20 heavy (non-hydrogen) atoms. The highest BCUT2D eigenvalue weighted by Crippen LogP contribution is 2.06. The summed E-state index contributed by atoms with van der Waals surface area (Å²) in [6, 6.07) is 9.39. The molecule has 6 heteroatoms. The number of nitrogens with one attached hydrogen (secondary N) is 1. The van der Waals surface area contributed by atoms with Crippen LogP contribution in [0.3, 0.4) is 0 Å². The molecule has 0 bridgehead atoms. The first kappa shape index (κ1) is 14.1. The molecule has 0 saturated heterocycles. The van der Waals surface area contributed by atoms with Crippen molar-refractivity contribution in [3.63, 3.8) is 0 Å². The predicted octanol–water partition coefficient (Wildman–Crippen LogP) is 1.78. The van der Waals surface area contributed by atoms with Gasteiger partial charge in [-0.2, -0.15) is 0 Å². The maximum Gasteiger partial charge on any atom is 0.270 e. The zero-order valence-corrected chi connectivity index (χ0v) is 11.3. The summed E-state index contributed by atoms with van der Waals surface area (Å²) in [5.41, 5.74) is 6.67. The van der Waals surface area contributed by atoms with Crippen LogP contribution in [0, 0.1) is 5.82 Å². The molecule has 0 fully saturated rings. The molecule has 1 heterocycles. The molecule has 0 aliphatic carbocycles. The average molecular weight is 289 g/mol. The third kappa shape index (κ3) is 3.36. The minimum atomic E-state index is -0.386. The normalized spacial score (nSPS) is 10.1. The van der Waals surface area contributed by atoms with Crippen molar-refractivity contribution in [2.45, 2.75) is 6.54 Å². The van der Waals surface area contributed by atoms with Crippen LogP contribution in [0.25, 0.3) is 0 Å². The van der Waals surface area contributed by atoms with Crippen molar-refractivity contribution in [3.8, 4) is 0 Å². The van der Waals surface area contributed by atoms with Crippen LogP contribution < -0.4 is 11.1 Å². The number of thiocarbonyl (C=S) groups is 1. The first-order valence-electron chi connectivity index (χ1n) is 5.85. The first-order valence-corrected chi connectivity index (χ1v) is 6.26. The Kier molecular flexibility index (Phi) is 4.37. The van der Waals surface area contributed by atoms with Crippen LogP contribution >= 0.6 is 12.2 Å². The second-order valence-electron chi connectivity index (χ2n) is 4.07. The van der Waals surface area contributed by atoms with Crippen molar-refractivity contribution in [2.24, 2.45) is 5.73 Å². The van der Waals surface area contributed by atoms with Gasteiger partial charge in [-0.15, -0.1) is 0 Å². The molecule has 1 aromatic carbocycles. The molecule has 0 atom stereocenters. The molecule has 0 aliphatic rings. The van der Waals surface area contributed by atoms with Gasteiger partial charge in [0.25, 0.3) is 5.91 Å². The number of carbonyl (C=O) groups is 1. The van der Waals surface area contributed by atoms with Crippen LogP contribution in [0.4, 0.5) is 4.39 Å². The van der Waals surface area contributed by atoms with Crippen molar-refractivity contribution in [3.05, 3.63) is 65.2 Å². The zero-order chi connectivity index (χ0) is 14.5. The number of aromatic nitrogens is 1. The van der Waals surface area contributed by atoms with Crippen LogP contribution in [0.1, 0.15) is 21.6 Å². The highest BCUT2D eigenvalue weighted by atomic mass is 32.1. The summed E-state index contributed by atoms with van der Waals surface area (Å²) < 4.78 is 13.4. The van der Waals surface area contributed by atoms with Crippen LogP contribution in [0.15, 0.2) is 42.6 Å². The largest absolute Gasteiger partial charge is 0.389 e. The topological polar surface area (TPSA) is 68.0 Å². The number of halogens is 1. The highest BCUT2D eigenvalue weighted by Gasteiger charge is 2.08. The lowest BCUT2D eigenvalue weighted by Crippen LogP contribution is -2.24. The monoisotopic (exact) mass is 289 g/mol. The Labute approximate surface area is 120 Å². The lowest BCUT2D eigenvalue weighted by atomic mass is 10.2. The predicted molar refractivity (Wildman–Crippen MR) is 77.7 cm³/mol. The maximum atomic E-state index is 13.4. The minimum absolute atomic E-state index is 0.101. The van der Waals surface area contributed by atoms with Gasteiger partial charge in [0.05, 0.1) is 0 Å². The number of nitrogens with two attached hydrogens (primary N) is 1. The van der Waals surface area contributed by atoms with E-state index in [4.69, 9.17) is 18.0 Å². The summed E-state index contributed by atoms with van der Waals surface area (Å²) in [6.45, 7) is 0.101. The van der Waals surface area contributed by atoms with Crippen molar-refractivity contribution in [2.75, 3.05) is 0 Å². The summed E-state index contributed by atoms with van der Waals surface area (Å²) in [5.74, 6) is -0.743. The first-order chi connectivity index (χ1) is 9.58. The third-order valence-corrected chi connectivity index (χ3v) is 2.91. The van der Waals surface area contributed by atoms with E-state index in [1.807, 2.05) is 0 Å². The summed E-state index contributed by atoms with van der Waals surface area (Å²) in [4.78, 5) is 16.0. The number of hydrogen-bond acceptors (Lipinski definition) is 3. The van der Waals surface area contributed by atoms with E-state index in [0.717, 1.165) is 0 Å². The second kappa shape index (κ2) is 6.21. The molecule has 2 aromatic rings. The van der Waals surface area contributed by atoms with E-state index in [9.17, 15) is 9.18 Å². The fourth-order valence-electron chi connectivity index (χ4n) is 1.58. The van der Waals surface area contributed by atoms with Gasteiger partial charge in [-0.3, -0.25) is 9.78 Å². The van der Waals surface area contributed by atoms with Gasteiger partial charge in [0.15, 0.2) is 0 Å². The fraction of sp³-hybridized carbons (Fsp3) is 0.0714. The van der Waals surface area contributed by atoms with Gasteiger partial charge in [-0.1, -0.05) is 30.4 Å². The number of benzene rings is 1. The molecule has 0 spiro atoms. The second-order valence-corrected chi connectivity index (χ2v) is 4.51. The molecule has 1 aromatic heterocycles. The van der Waals surface area contributed by atoms with Crippen LogP contribution in [0.5, 0.6) is 0 Å². The average Bonchev–Trinajstić information content (AvgIpc) is 2.46. The van der Waals surface area contributed by atoms with Gasteiger partial charge in [0, 0.05) is 23.9 Å². The van der Waals surface area contributed by atoms with Gasteiger partial charge in [-0.25, -0.2) is 4.39 Å². The summed E-state index contributed by atoms with van der Waals surface area (Å²) in [7, 11) is 0. The number of rotatable bonds is 4. The molecule has 102 valence electrons. The van der Waals surface area contributed by atoms with E-state index in [-0.39, 0.29) is 29.0 Å². The van der Waals surface area contributed by atoms with Crippen molar-refractivity contribution in [1.29, 1.82) is 0 Å². The Morgan fingerprint density at radius 1 is 1.30 bits per heavy atom. The Morgan fingerprint density at radius 3 is 2.65 bits per heavy atom. The molecule has 2 rings (SSSR count). The van der Waals surface area contributed by atoms with Gasteiger partial charge >= 0.3 is 0 Å². The SMILES string of the molecule is NC(=S)c1ccc(C(=O)NCc2ccccc2F)nc1. The third-order valence-electron chi connectivity index (χ3n) is 2.68. The summed E-state index contributed by atoms with van der Waals surface area (Å²) in [5, 5.41) is 2.60.